The van der Waals surface area contributed by atoms with Crippen LogP contribution in [0, 0.1) is 22.9 Å². The lowest BCUT2D eigenvalue weighted by Crippen LogP contribution is -2.41. The molecule has 0 radical (unpaired) electrons. The molecule has 3 atom stereocenters. The van der Waals surface area contributed by atoms with E-state index >= 15 is 0 Å². The van der Waals surface area contributed by atoms with E-state index in [9.17, 15) is 18.0 Å². The number of aromatic amines is 1. The van der Waals surface area contributed by atoms with Crippen molar-refractivity contribution < 1.29 is 18.0 Å². The number of rotatable bonds is 5. The highest BCUT2D eigenvalue weighted by atomic mass is 19.1. The minimum atomic E-state index is -0.724. The third kappa shape index (κ3) is 3.88. The predicted octanol–water partition coefficient (Wildman–Crippen LogP) is 4.32. The molecular weight excluding hydrogens is 471 g/mol. The summed E-state index contributed by atoms with van der Waals surface area (Å²) in [5.74, 6) is -1.67. The number of carbonyl (C=O) groups excluding carboxylic acids is 1. The van der Waals surface area contributed by atoms with Gasteiger partial charge in [-0.05, 0) is 37.2 Å². The summed E-state index contributed by atoms with van der Waals surface area (Å²) < 4.78 is 44.2. The zero-order chi connectivity index (χ0) is 25.0. The highest BCUT2D eigenvalue weighted by Crippen LogP contribution is 2.57. The molecule has 3 aromatic heterocycles. The van der Waals surface area contributed by atoms with Crippen LogP contribution >= 0.6 is 0 Å². The summed E-state index contributed by atoms with van der Waals surface area (Å²) in [7, 11) is 1.78. The van der Waals surface area contributed by atoms with Crippen LogP contribution in [0.3, 0.4) is 0 Å². The average Bonchev–Trinajstić information content (AvgIpc) is 3.15. The maximum Gasteiger partial charge on any atom is 0.287 e. The Morgan fingerprint density at radius 3 is 2.86 bits per heavy atom. The van der Waals surface area contributed by atoms with Gasteiger partial charge in [-0.1, -0.05) is 6.42 Å². The second kappa shape index (κ2) is 8.35. The van der Waals surface area contributed by atoms with Gasteiger partial charge in [-0.15, -0.1) is 0 Å². The molecule has 3 N–H and O–H groups in total. The van der Waals surface area contributed by atoms with Crippen molar-refractivity contribution in [2.75, 3.05) is 5.32 Å². The zero-order valence-corrected chi connectivity index (χ0v) is 19.5. The number of nitrogens with zero attached hydrogens (tertiary/aromatic N) is 4. The zero-order valence-electron chi connectivity index (χ0n) is 19.5. The van der Waals surface area contributed by atoms with E-state index in [0.29, 0.717) is 11.4 Å². The van der Waals surface area contributed by atoms with Crippen molar-refractivity contribution in [1.29, 1.82) is 0 Å². The third-order valence-electron chi connectivity index (χ3n) is 7.43. The summed E-state index contributed by atoms with van der Waals surface area (Å²) >= 11 is 0. The maximum atomic E-state index is 14.7. The van der Waals surface area contributed by atoms with Gasteiger partial charge in [-0.25, -0.2) is 28.1 Å². The molecule has 0 bridgehead atoms. The molecule has 1 aromatic carbocycles. The van der Waals surface area contributed by atoms with E-state index in [-0.39, 0.29) is 46.0 Å². The molecule has 36 heavy (non-hydrogen) atoms. The summed E-state index contributed by atoms with van der Waals surface area (Å²) in [4.78, 5) is 27.9. The van der Waals surface area contributed by atoms with Crippen molar-refractivity contribution in [1.82, 2.24) is 29.8 Å². The van der Waals surface area contributed by atoms with Crippen LogP contribution in [0.4, 0.5) is 19.0 Å². The van der Waals surface area contributed by atoms with Crippen LogP contribution in [-0.4, -0.2) is 42.5 Å². The number of amides is 1. The van der Waals surface area contributed by atoms with Crippen molar-refractivity contribution in [2.45, 2.75) is 44.2 Å². The van der Waals surface area contributed by atoms with Crippen LogP contribution < -0.4 is 10.6 Å². The highest BCUT2D eigenvalue weighted by Gasteiger charge is 2.56. The molecule has 6 rings (SSSR count). The number of nitrogens with one attached hydrogen (secondary N) is 3. The van der Waals surface area contributed by atoms with Crippen molar-refractivity contribution in [2.24, 2.45) is 12.5 Å². The number of aromatic nitrogens is 5. The fourth-order valence-electron chi connectivity index (χ4n) is 5.51. The Bertz CT molecular complexity index is 1480. The van der Waals surface area contributed by atoms with Gasteiger partial charge >= 0.3 is 0 Å². The topological polar surface area (TPSA) is 101 Å². The van der Waals surface area contributed by atoms with Gasteiger partial charge in [0.05, 0.1) is 11.7 Å². The van der Waals surface area contributed by atoms with Crippen LogP contribution in [0.2, 0.25) is 0 Å². The molecule has 8 nitrogen and oxygen atoms in total. The molecule has 0 saturated heterocycles. The molecule has 11 heteroatoms. The first-order chi connectivity index (χ1) is 17.3. The van der Waals surface area contributed by atoms with Gasteiger partial charge in [0, 0.05) is 54.7 Å². The minimum Gasteiger partial charge on any atom is -0.364 e. The van der Waals surface area contributed by atoms with Crippen LogP contribution in [0.1, 0.15) is 42.7 Å². The van der Waals surface area contributed by atoms with E-state index in [4.69, 9.17) is 0 Å². The second-order valence-corrected chi connectivity index (χ2v) is 9.79. The van der Waals surface area contributed by atoms with E-state index in [1.165, 1.54) is 12.3 Å². The number of imidazole rings is 1. The summed E-state index contributed by atoms with van der Waals surface area (Å²) in [5.41, 5.74) is 0.463. The molecule has 3 heterocycles. The second-order valence-electron chi connectivity index (χ2n) is 9.79. The van der Waals surface area contributed by atoms with Crippen LogP contribution in [0.25, 0.3) is 22.3 Å². The Morgan fingerprint density at radius 1 is 1.19 bits per heavy atom. The normalized spacial score (nSPS) is 23.2. The highest BCUT2D eigenvalue weighted by molar-refractivity contribution is 5.94. The molecule has 186 valence electrons. The van der Waals surface area contributed by atoms with Gasteiger partial charge in [-0.2, -0.15) is 0 Å². The lowest BCUT2D eigenvalue weighted by molar-refractivity contribution is 0.0902. The first-order valence-corrected chi connectivity index (χ1v) is 11.9. The first-order valence-electron chi connectivity index (χ1n) is 11.9. The molecule has 1 amide bonds. The number of hydrogen-bond acceptors (Lipinski definition) is 5. The number of aryl methyl sites for hydroxylation is 1. The molecule has 1 spiro atoms. The maximum absolute atomic E-state index is 14.7. The number of benzene rings is 1. The molecular formula is C25H24F3N7O. The van der Waals surface area contributed by atoms with Crippen molar-refractivity contribution in [3.8, 4) is 11.4 Å². The number of fused-ring (bicyclic) bond motifs is 1. The average molecular weight is 496 g/mol. The number of H-pyrrole nitrogens is 1. The van der Waals surface area contributed by atoms with Gasteiger partial charge in [0.2, 0.25) is 0 Å². The number of anilines is 1. The molecule has 2 fully saturated rings. The predicted molar refractivity (Wildman–Crippen MR) is 127 cm³/mol. The molecule has 2 aliphatic rings. The van der Waals surface area contributed by atoms with Gasteiger partial charge in [-0.3, -0.25) is 4.79 Å². The summed E-state index contributed by atoms with van der Waals surface area (Å²) in [6.07, 6.45) is 10.3. The van der Waals surface area contributed by atoms with Crippen molar-refractivity contribution in [3.05, 3.63) is 60.2 Å². The standard InChI is InChI=1S/C25H24F3N7O/c1-35-6-5-29-23(35)24(36)32-14-3-2-4-25(9-14)10-19(25)33-22-18(28)12-31-21(34-22)16-11-30-20-15(16)7-13(26)8-17(20)27/h5-8,11-12,14,19,30H,2-4,9-10H2,1H3,(H,32,36)(H,31,33,34)/t14-,19-,25+/m0/s1. The molecule has 0 aliphatic heterocycles. The van der Waals surface area contributed by atoms with Gasteiger partial charge in [0.1, 0.15) is 11.6 Å². The third-order valence-corrected chi connectivity index (χ3v) is 7.43. The van der Waals surface area contributed by atoms with E-state index in [2.05, 4.69) is 30.6 Å². The number of hydrogen-bond donors (Lipinski definition) is 3. The Hall–Kier alpha value is -3.89. The SMILES string of the molecule is Cn1ccnc1C(=O)N[C@H]1CCC[C@@]2(C1)C[C@@H]2Nc1nc(-c2c[nH]c3c(F)cc(F)cc23)ncc1F. The van der Waals surface area contributed by atoms with E-state index in [1.807, 2.05) is 0 Å². The van der Waals surface area contributed by atoms with Crippen LogP contribution in [0.15, 0.2) is 36.9 Å². The Morgan fingerprint density at radius 2 is 2.06 bits per heavy atom. The van der Waals surface area contributed by atoms with Gasteiger partial charge in [0.25, 0.3) is 5.91 Å². The Kier molecular flexibility index (Phi) is 5.24. The largest absolute Gasteiger partial charge is 0.364 e. The smallest absolute Gasteiger partial charge is 0.287 e. The van der Waals surface area contributed by atoms with E-state index in [0.717, 1.165) is 44.4 Å². The van der Waals surface area contributed by atoms with E-state index in [1.54, 1.807) is 24.0 Å². The Balaban J connectivity index is 1.18. The molecule has 2 aliphatic carbocycles. The van der Waals surface area contributed by atoms with Gasteiger partial charge in [0.15, 0.2) is 23.3 Å². The lowest BCUT2D eigenvalue weighted by Gasteiger charge is -2.30. The summed E-state index contributed by atoms with van der Waals surface area (Å²) in [6, 6.07) is 2.00. The molecule has 0 unspecified atom stereocenters. The molecule has 4 aromatic rings. The fraction of sp³-hybridized carbons (Fsp3) is 0.360. The Labute approximate surface area is 204 Å². The monoisotopic (exact) mass is 495 g/mol. The summed E-state index contributed by atoms with van der Waals surface area (Å²) in [6.45, 7) is 0. The van der Waals surface area contributed by atoms with Gasteiger partial charge < -0.3 is 20.2 Å². The van der Waals surface area contributed by atoms with Crippen LogP contribution in [0.5, 0.6) is 0 Å². The lowest BCUT2D eigenvalue weighted by atomic mass is 9.82. The van der Waals surface area contributed by atoms with Crippen LogP contribution in [-0.2, 0) is 7.05 Å². The number of halogens is 3. The van der Waals surface area contributed by atoms with E-state index < -0.39 is 17.5 Å². The number of carbonyl (C=O) groups is 1. The quantitative estimate of drug-likeness (QED) is 0.383. The fourth-order valence-corrected chi connectivity index (χ4v) is 5.51. The van der Waals surface area contributed by atoms with Crippen molar-refractivity contribution in [3.63, 3.8) is 0 Å². The minimum absolute atomic E-state index is 0.000436. The first kappa shape index (κ1) is 22.6. The van der Waals surface area contributed by atoms with Crippen molar-refractivity contribution >= 4 is 22.6 Å². The summed E-state index contributed by atoms with van der Waals surface area (Å²) in [5, 5.41) is 6.59. The molecule has 2 saturated carbocycles.